The second-order valence-corrected chi connectivity index (χ2v) is 5.95. The minimum atomic E-state index is -0.751. The van der Waals surface area contributed by atoms with Crippen LogP contribution in [-0.2, 0) is 9.53 Å². The molecule has 0 aliphatic heterocycles. The zero-order valence-electron chi connectivity index (χ0n) is 11.4. The molecule has 2 atom stereocenters. The van der Waals surface area contributed by atoms with E-state index in [1.54, 1.807) is 0 Å². The van der Waals surface area contributed by atoms with Gasteiger partial charge in [0, 0.05) is 12.5 Å². The number of amides is 1. The molecular formula is C13H23NO4. The van der Waals surface area contributed by atoms with E-state index in [0.29, 0.717) is 12.3 Å². The van der Waals surface area contributed by atoms with Gasteiger partial charge in [0.1, 0.15) is 5.60 Å². The van der Waals surface area contributed by atoms with Gasteiger partial charge in [-0.15, -0.1) is 0 Å². The molecule has 1 amide bonds. The molecule has 0 bridgehead atoms. The summed E-state index contributed by atoms with van der Waals surface area (Å²) in [6, 6.07) is 0.124. The van der Waals surface area contributed by atoms with Crippen molar-refractivity contribution in [2.45, 2.75) is 64.5 Å². The summed E-state index contributed by atoms with van der Waals surface area (Å²) >= 11 is 0. The van der Waals surface area contributed by atoms with Gasteiger partial charge >= 0.3 is 12.1 Å². The Balaban J connectivity index is 2.26. The lowest BCUT2D eigenvalue weighted by Gasteiger charge is -2.21. The molecule has 0 heterocycles. The molecule has 1 aliphatic carbocycles. The monoisotopic (exact) mass is 257 g/mol. The first-order chi connectivity index (χ1) is 8.26. The van der Waals surface area contributed by atoms with Gasteiger partial charge < -0.3 is 15.2 Å². The maximum Gasteiger partial charge on any atom is 0.407 e. The number of carboxylic acids is 1. The van der Waals surface area contributed by atoms with Crippen LogP contribution in [0.5, 0.6) is 0 Å². The summed E-state index contributed by atoms with van der Waals surface area (Å²) in [5.41, 5.74) is -0.481. The molecule has 1 fully saturated rings. The molecule has 0 aromatic rings. The van der Waals surface area contributed by atoms with Gasteiger partial charge in [-0.25, -0.2) is 4.79 Å². The molecule has 5 heteroatoms. The van der Waals surface area contributed by atoms with Crippen LogP contribution >= 0.6 is 0 Å². The fourth-order valence-corrected chi connectivity index (χ4v) is 2.27. The lowest BCUT2D eigenvalue weighted by Crippen LogP contribution is -2.37. The highest BCUT2D eigenvalue weighted by molar-refractivity contribution is 5.68. The van der Waals surface area contributed by atoms with Crippen molar-refractivity contribution in [2.75, 3.05) is 0 Å². The summed E-state index contributed by atoms with van der Waals surface area (Å²) in [5, 5.41) is 11.5. The van der Waals surface area contributed by atoms with Crippen LogP contribution in [0.15, 0.2) is 0 Å². The van der Waals surface area contributed by atoms with E-state index in [2.05, 4.69) is 5.32 Å². The van der Waals surface area contributed by atoms with Gasteiger partial charge in [0.2, 0.25) is 0 Å². The standard InChI is InChI=1S/C13H23NO4/c1-13(2,3)18-12(17)14-10-6-4-9(8-10)5-7-11(15)16/h9-10H,4-8H2,1-3H3,(H,14,17)(H,15,16)/t9-,10-/m1/s1. The average Bonchev–Trinajstić information content (AvgIpc) is 2.59. The third-order valence-corrected chi connectivity index (χ3v) is 3.03. The summed E-state index contributed by atoms with van der Waals surface area (Å²) in [6.07, 6.45) is 3.27. The predicted octanol–water partition coefficient (Wildman–Crippen LogP) is 2.54. The number of hydrogen-bond acceptors (Lipinski definition) is 3. The fraction of sp³-hybridized carbons (Fsp3) is 0.846. The third-order valence-electron chi connectivity index (χ3n) is 3.03. The van der Waals surface area contributed by atoms with Crippen molar-refractivity contribution in [3.8, 4) is 0 Å². The van der Waals surface area contributed by atoms with Gasteiger partial charge in [0.05, 0.1) is 0 Å². The van der Waals surface area contributed by atoms with E-state index in [4.69, 9.17) is 9.84 Å². The Hall–Kier alpha value is -1.26. The second kappa shape index (κ2) is 6.07. The van der Waals surface area contributed by atoms with Crippen LogP contribution in [0.25, 0.3) is 0 Å². The first kappa shape index (κ1) is 14.8. The molecule has 0 aromatic heterocycles. The lowest BCUT2D eigenvalue weighted by molar-refractivity contribution is -0.137. The molecule has 0 unspecified atom stereocenters. The number of alkyl carbamates (subject to hydrolysis) is 1. The van der Waals surface area contributed by atoms with E-state index >= 15 is 0 Å². The Labute approximate surface area is 108 Å². The van der Waals surface area contributed by atoms with Crippen molar-refractivity contribution in [3.63, 3.8) is 0 Å². The van der Waals surface area contributed by atoms with Crippen LogP contribution in [-0.4, -0.2) is 28.8 Å². The molecule has 104 valence electrons. The molecule has 1 aliphatic rings. The van der Waals surface area contributed by atoms with Crippen molar-refractivity contribution in [1.29, 1.82) is 0 Å². The van der Waals surface area contributed by atoms with Crippen LogP contribution in [0.1, 0.15) is 52.9 Å². The number of rotatable bonds is 4. The first-order valence-corrected chi connectivity index (χ1v) is 6.47. The summed E-state index contributed by atoms with van der Waals surface area (Å²) in [5.74, 6) is -0.348. The molecule has 0 aromatic carbocycles. The largest absolute Gasteiger partial charge is 0.481 e. The number of aliphatic carboxylic acids is 1. The highest BCUT2D eigenvalue weighted by atomic mass is 16.6. The van der Waals surface area contributed by atoms with E-state index in [-0.39, 0.29) is 18.6 Å². The second-order valence-electron chi connectivity index (χ2n) is 5.95. The van der Waals surface area contributed by atoms with Crippen LogP contribution in [0.4, 0.5) is 4.79 Å². The number of hydrogen-bond donors (Lipinski definition) is 2. The van der Waals surface area contributed by atoms with Gasteiger partial charge in [-0.1, -0.05) is 0 Å². The number of nitrogens with one attached hydrogen (secondary N) is 1. The molecule has 18 heavy (non-hydrogen) atoms. The zero-order valence-corrected chi connectivity index (χ0v) is 11.4. The van der Waals surface area contributed by atoms with Crippen LogP contribution in [0.3, 0.4) is 0 Å². The summed E-state index contributed by atoms with van der Waals surface area (Å²) in [7, 11) is 0. The van der Waals surface area contributed by atoms with Crippen LogP contribution in [0.2, 0.25) is 0 Å². The molecule has 1 saturated carbocycles. The topological polar surface area (TPSA) is 75.6 Å². The van der Waals surface area contributed by atoms with Crippen LogP contribution in [0, 0.1) is 5.92 Å². The number of carbonyl (C=O) groups is 2. The highest BCUT2D eigenvalue weighted by Gasteiger charge is 2.27. The van der Waals surface area contributed by atoms with E-state index in [1.807, 2.05) is 20.8 Å². The Bertz CT molecular complexity index is 309. The van der Waals surface area contributed by atoms with Gasteiger partial charge in [-0.05, 0) is 52.4 Å². The summed E-state index contributed by atoms with van der Waals surface area (Å²) in [4.78, 5) is 22.0. The number of carboxylic acid groups (broad SMARTS) is 1. The third kappa shape index (κ3) is 5.89. The Morgan fingerprint density at radius 3 is 2.56 bits per heavy atom. The van der Waals surface area contributed by atoms with E-state index in [9.17, 15) is 9.59 Å². The van der Waals surface area contributed by atoms with E-state index < -0.39 is 11.6 Å². The first-order valence-electron chi connectivity index (χ1n) is 6.47. The van der Waals surface area contributed by atoms with E-state index in [0.717, 1.165) is 19.3 Å². The van der Waals surface area contributed by atoms with Gasteiger partial charge in [0.15, 0.2) is 0 Å². The van der Waals surface area contributed by atoms with Crippen molar-refractivity contribution in [2.24, 2.45) is 5.92 Å². The maximum absolute atomic E-state index is 11.6. The summed E-state index contributed by atoms with van der Waals surface area (Å²) in [6.45, 7) is 5.49. The molecule has 0 spiro atoms. The normalized spacial score (nSPS) is 23.7. The minimum Gasteiger partial charge on any atom is -0.481 e. The van der Waals surface area contributed by atoms with Crippen molar-refractivity contribution in [1.82, 2.24) is 5.32 Å². The fourth-order valence-electron chi connectivity index (χ4n) is 2.27. The van der Waals surface area contributed by atoms with Crippen molar-refractivity contribution < 1.29 is 19.4 Å². The van der Waals surface area contributed by atoms with E-state index in [1.165, 1.54) is 0 Å². The molecule has 0 saturated heterocycles. The van der Waals surface area contributed by atoms with Crippen molar-refractivity contribution in [3.05, 3.63) is 0 Å². The smallest absolute Gasteiger partial charge is 0.407 e. The Morgan fingerprint density at radius 2 is 2.00 bits per heavy atom. The average molecular weight is 257 g/mol. The highest BCUT2D eigenvalue weighted by Crippen LogP contribution is 2.29. The molecule has 5 nitrogen and oxygen atoms in total. The van der Waals surface area contributed by atoms with Crippen LogP contribution < -0.4 is 5.32 Å². The molecular weight excluding hydrogens is 234 g/mol. The van der Waals surface area contributed by atoms with Crippen molar-refractivity contribution >= 4 is 12.1 Å². The van der Waals surface area contributed by atoms with Gasteiger partial charge in [0.25, 0.3) is 0 Å². The SMILES string of the molecule is CC(C)(C)OC(=O)N[C@@H]1CC[C@H](CCC(=O)O)C1. The number of carbonyl (C=O) groups excluding carboxylic acids is 1. The zero-order chi connectivity index (χ0) is 13.8. The Morgan fingerprint density at radius 1 is 1.33 bits per heavy atom. The maximum atomic E-state index is 11.6. The summed E-state index contributed by atoms with van der Waals surface area (Å²) < 4.78 is 5.19. The lowest BCUT2D eigenvalue weighted by atomic mass is 10.0. The number of ether oxygens (including phenoxy) is 1. The van der Waals surface area contributed by atoms with Gasteiger partial charge in [-0.2, -0.15) is 0 Å². The molecule has 1 rings (SSSR count). The Kier molecular flexibility index (Phi) is 4.99. The van der Waals surface area contributed by atoms with Gasteiger partial charge in [-0.3, -0.25) is 4.79 Å². The molecule has 2 N–H and O–H groups in total. The quantitative estimate of drug-likeness (QED) is 0.811. The minimum absolute atomic E-state index is 0.124. The molecule has 0 radical (unpaired) electrons. The predicted molar refractivity (Wildman–Crippen MR) is 67.4 cm³/mol.